The van der Waals surface area contributed by atoms with Crippen molar-refractivity contribution in [2.75, 3.05) is 0 Å². The van der Waals surface area contributed by atoms with Gasteiger partial charge in [0.15, 0.2) is 0 Å². The third-order valence-electron chi connectivity index (χ3n) is 2.57. The van der Waals surface area contributed by atoms with Gasteiger partial charge in [-0.25, -0.2) is 9.97 Å². The minimum absolute atomic E-state index is 0.270. The number of aromatic amines is 1. The van der Waals surface area contributed by atoms with Crippen molar-refractivity contribution in [2.24, 2.45) is 0 Å². The summed E-state index contributed by atoms with van der Waals surface area (Å²) in [6.45, 7) is 0. The van der Waals surface area contributed by atoms with Gasteiger partial charge in [-0.3, -0.25) is 0 Å². The Balaban J connectivity index is 1.83. The summed E-state index contributed by atoms with van der Waals surface area (Å²) in [6.07, 6.45) is 4.26. The molecule has 18 heavy (non-hydrogen) atoms. The molecule has 0 spiro atoms. The maximum absolute atomic E-state index is 9.25. The lowest BCUT2D eigenvalue weighted by Crippen LogP contribution is -1.90. The Morgan fingerprint density at radius 3 is 2.78 bits per heavy atom. The Hall–Kier alpha value is -2.14. The molecule has 2 aromatic heterocycles. The van der Waals surface area contributed by atoms with Gasteiger partial charge in [0.25, 0.3) is 0 Å². The predicted molar refractivity (Wildman–Crippen MR) is 70.6 cm³/mol. The van der Waals surface area contributed by atoms with Crippen molar-refractivity contribution in [2.45, 2.75) is 6.42 Å². The van der Waals surface area contributed by atoms with Crippen LogP contribution in [0, 0.1) is 0 Å². The number of nitrogens with zero attached hydrogens (tertiary/aromatic N) is 2. The van der Waals surface area contributed by atoms with E-state index in [2.05, 4.69) is 15.0 Å². The maximum atomic E-state index is 9.25. The lowest BCUT2D eigenvalue weighted by Gasteiger charge is -1.96. The second-order valence-electron chi connectivity index (χ2n) is 3.90. The van der Waals surface area contributed by atoms with Gasteiger partial charge in [0, 0.05) is 29.8 Å². The first kappa shape index (κ1) is 11.0. The zero-order chi connectivity index (χ0) is 12.4. The van der Waals surface area contributed by atoms with Crippen LogP contribution in [0.5, 0.6) is 5.75 Å². The van der Waals surface area contributed by atoms with Crippen LogP contribution < -0.4 is 0 Å². The number of nitrogens with one attached hydrogen (secondary N) is 1. The van der Waals surface area contributed by atoms with Crippen molar-refractivity contribution in [1.82, 2.24) is 15.0 Å². The van der Waals surface area contributed by atoms with Gasteiger partial charge in [0.1, 0.15) is 16.6 Å². The average Bonchev–Trinajstić information content (AvgIpc) is 3.02. The fourth-order valence-corrected chi connectivity index (χ4v) is 2.52. The first-order valence-electron chi connectivity index (χ1n) is 5.53. The minimum atomic E-state index is 0.270. The monoisotopic (exact) mass is 257 g/mol. The van der Waals surface area contributed by atoms with E-state index < -0.39 is 0 Å². The van der Waals surface area contributed by atoms with E-state index >= 15 is 0 Å². The van der Waals surface area contributed by atoms with Gasteiger partial charge in [-0.2, -0.15) is 0 Å². The highest BCUT2D eigenvalue weighted by molar-refractivity contribution is 7.13. The number of rotatable bonds is 3. The molecule has 0 saturated carbocycles. The lowest BCUT2D eigenvalue weighted by molar-refractivity contribution is 0.475. The Morgan fingerprint density at radius 1 is 1.22 bits per heavy atom. The molecule has 0 fully saturated rings. The van der Waals surface area contributed by atoms with Crippen LogP contribution in [0.1, 0.15) is 11.5 Å². The van der Waals surface area contributed by atoms with Gasteiger partial charge in [-0.1, -0.05) is 0 Å². The number of H-pyrrole nitrogens is 1. The van der Waals surface area contributed by atoms with Gasteiger partial charge in [0.2, 0.25) is 0 Å². The van der Waals surface area contributed by atoms with Crippen LogP contribution in [-0.4, -0.2) is 20.1 Å². The fourth-order valence-electron chi connectivity index (χ4n) is 1.69. The summed E-state index contributed by atoms with van der Waals surface area (Å²) >= 11 is 1.60. The van der Waals surface area contributed by atoms with Crippen LogP contribution in [0.3, 0.4) is 0 Å². The summed E-state index contributed by atoms with van der Waals surface area (Å²) in [5.74, 6) is 1.18. The fraction of sp³-hybridized carbons (Fsp3) is 0.0769. The smallest absolute Gasteiger partial charge is 0.123 e. The maximum Gasteiger partial charge on any atom is 0.123 e. The Kier molecular flexibility index (Phi) is 2.82. The van der Waals surface area contributed by atoms with Crippen molar-refractivity contribution in [3.63, 3.8) is 0 Å². The molecule has 0 atom stereocenters. The van der Waals surface area contributed by atoms with Crippen LogP contribution in [0.25, 0.3) is 10.6 Å². The summed E-state index contributed by atoms with van der Waals surface area (Å²) in [5.41, 5.74) is 2.02. The quantitative estimate of drug-likeness (QED) is 0.758. The zero-order valence-electron chi connectivity index (χ0n) is 9.50. The number of hydrogen-bond acceptors (Lipinski definition) is 4. The molecule has 0 saturated heterocycles. The van der Waals surface area contributed by atoms with E-state index in [1.54, 1.807) is 29.7 Å². The average molecular weight is 257 g/mol. The summed E-state index contributed by atoms with van der Waals surface area (Å²) in [6, 6.07) is 7.07. The molecular weight excluding hydrogens is 246 g/mol. The van der Waals surface area contributed by atoms with Crippen molar-refractivity contribution in [3.8, 4) is 16.3 Å². The zero-order valence-corrected chi connectivity index (χ0v) is 10.3. The normalized spacial score (nSPS) is 10.7. The number of phenolic OH excluding ortho intramolecular Hbond substituents is 1. The molecular formula is C13H11N3OS. The van der Waals surface area contributed by atoms with Crippen LogP contribution in [-0.2, 0) is 6.42 Å². The third kappa shape index (κ3) is 2.26. The molecule has 0 aliphatic rings. The lowest BCUT2D eigenvalue weighted by atomic mass is 10.2. The molecule has 0 bridgehead atoms. The molecule has 90 valence electrons. The Bertz CT molecular complexity index is 629. The van der Waals surface area contributed by atoms with Crippen LogP contribution in [0.4, 0.5) is 0 Å². The first-order chi connectivity index (χ1) is 8.81. The Morgan fingerprint density at radius 2 is 2.06 bits per heavy atom. The number of benzene rings is 1. The summed E-state index contributed by atoms with van der Waals surface area (Å²) in [7, 11) is 0. The molecule has 5 heteroatoms. The van der Waals surface area contributed by atoms with E-state index in [9.17, 15) is 5.11 Å². The topological polar surface area (TPSA) is 61.8 Å². The second-order valence-corrected chi connectivity index (χ2v) is 4.76. The van der Waals surface area contributed by atoms with Crippen molar-refractivity contribution >= 4 is 11.3 Å². The van der Waals surface area contributed by atoms with Gasteiger partial charge in [-0.15, -0.1) is 11.3 Å². The highest BCUT2D eigenvalue weighted by Crippen LogP contribution is 2.25. The molecule has 1 aromatic carbocycles. The number of hydrogen-bond donors (Lipinski definition) is 2. The number of thiazole rings is 1. The van der Waals surface area contributed by atoms with E-state index in [1.165, 1.54) is 0 Å². The van der Waals surface area contributed by atoms with E-state index in [1.807, 2.05) is 23.7 Å². The number of aromatic hydroxyl groups is 1. The van der Waals surface area contributed by atoms with Crippen LogP contribution >= 0.6 is 11.3 Å². The molecule has 3 rings (SSSR count). The van der Waals surface area contributed by atoms with E-state index in [0.717, 1.165) is 22.1 Å². The third-order valence-corrected chi connectivity index (χ3v) is 3.51. The largest absolute Gasteiger partial charge is 0.508 e. The van der Waals surface area contributed by atoms with Crippen molar-refractivity contribution in [1.29, 1.82) is 0 Å². The molecule has 2 heterocycles. The highest BCUT2D eigenvalue weighted by Gasteiger charge is 2.06. The molecule has 0 unspecified atom stereocenters. The Labute approximate surface area is 108 Å². The number of phenols is 1. The summed E-state index contributed by atoms with van der Waals surface area (Å²) in [5, 5.41) is 12.2. The molecule has 0 radical (unpaired) electrons. The van der Waals surface area contributed by atoms with Gasteiger partial charge >= 0.3 is 0 Å². The van der Waals surface area contributed by atoms with Gasteiger partial charge in [-0.05, 0) is 24.3 Å². The first-order valence-corrected chi connectivity index (χ1v) is 6.41. The van der Waals surface area contributed by atoms with Crippen LogP contribution in [0.15, 0.2) is 42.0 Å². The number of imidazole rings is 1. The SMILES string of the molecule is Oc1ccc(-c2nc(Cc3ncc[nH]3)cs2)cc1. The standard InChI is InChI=1S/C13H11N3OS/c17-11-3-1-9(2-4-11)13-16-10(8-18-13)7-12-14-5-6-15-12/h1-6,8,17H,7H2,(H,14,15). The van der Waals surface area contributed by atoms with E-state index in [-0.39, 0.29) is 5.75 Å². The minimum Gasteiger partial charge on any atom is -0.508 e. The predicted octanol–water partition coefficient (Wildman–Crippen LogP) is 2.83. The summed E-state index contributed by atoms with van der Waals surface area (Å²) in [4.78, 5) is 11.8. The van der Waals surface area contributed by atoms with Crippen molar-refractivity contribution < 1.29 is 5.11 Å². The second kappa shape index (κ2) is 4.62. The molecule has 2 N–H and O–H groups in total. The van der Waals surface area contributed by atoms with E-state index in [4.69, 9.17) is 0 Å². The molecule has 4 nitrogen and oxygen atoms in total. The van der Waals surface area contributed by atoms with E-state index in [0.29, 0.717) is 6.42 Å². The van der Waals surface area contributed by atoms with Gasteiger partial charge < -0.3 is 10.1 Å². The number of aromatic nitrogens is 3. The summed E-state index contributed by atoms with van der Waals surface area (Å²) < 4.78 is 0. The van der Waals surface area contributed by atoms with Crippen LogP contribution in [0.2, 0.25) is 0 Å². The molecule has 0 aliphatic carbocycles. The van der Waals surface area contributed by atoms with Crippen molar-refractivity contribution in [3.05, 3.63) is 53.6 Å². The molecule has 0 aliphatic heterocycles. The van der Waals surface area contributed by atoms with Gasteiger partial charge in [0.05, 0.1) is 5.69 Å². The molecule has 0 amide bonds. The molecule has 3 aromatic rings. The highest BCUT2D eigenvalue weighted by atomic mass is 32.1.